The van der Waals surface area contributed by atoms with E-state index in [4.69, 9.17) is 4.74 Å². The number of piperidine rings is 1. The summed E-state index contributed by atoms with van der Waals surface area (Å²) in [6.07, 6.45) is 2.25. The molecule has 2 aliphatic heterocycles. The molecule has 2 aliphatic rings. The van der Waals surface area contributed by atoms with Crippen LogP contribution in [0.5, 0.6) is 0 Å². The van der Waals surface area contributed by atoms with Gasteiger partial charge in [0.25, 0.3) is 0 Å². The lowest BCUT2D eigenvalue weighted by atomic mass is 9.78. The quantitative estimate of drug-likeness (QED) is 0.777. The number of imide groups is 1. The number of hydrogen-bond acceptors (Lipinski definition) is 6. The molecule has 3 heterocycles. The molecule has 1 aromatic rings. The highest BCUT2D eigenvalue weighted by molar-refractivity contribution is 6.03. The monoisotopic (exact) mass is 388 g/mol. The summed E-state index contributed by atoms with van der Waals surface area (Å²) in [5, 5.41) is 2.40. The fourth-order valence-electron chi connectivity index (χ4n) is 3.42. The summed E-state index contributed by atoms with van der Waals surface area (Å²) in [6, 6.07) is 3.80. The summed E-state index contributed by atoms with van der Waals surface area (Å²) in [6.45, 7) is 9.93. The molecule has 1 aromatic heterocycles. The topological polar surface area (TPSA) is 91.8 Å². The molecule has 28 heavy (non-hydrogen) atoms. The number of nitrogens with one attached hydrogen (secondary N) is 1. The molecule has 0 aliphatic carbocycles. The largest absolute Gasteiger partial charge is 0.444 e. The molecule has 0 bridgehead atoms. The number of pyridine rings is 1. The normalized spacial score (nSPS) is 23.4. The minimum Gasteiger partial charge on any atom is -0.444 e. The van der Waals surface area contributed by atoms with Crippen LogP contribution in [0, 0.1) is 0 Å². The minimum absolute atomic E-state index is 0.234. The molecule has 1 N–H and O–H groups in total. The number of carbonyl (C=O) groups excluding carboxylic acids is 3. The molecular weight excluding hydrogens is 360 g/mol. The van der Waals surface area contributed by atoms with Crippen molar-refractivity contribution in [2.24, 2.45) is 0 Å². The average molecular weight is 388 g/mol. The average Bonchev–Trinajstić information content (AvgIpc) is 2.64. The number of ether oxygens (including phenoxy) is 1. The summed E-state index contributed by atoms with van der Waals surface area (Å²) < 4.78 is 5.42. The van der Waals surface area contributed by atoms with Crippen LogP contribution in [0.25, 0.3) is 0 Å². The zero-order valence-electron chi connectivity index (χ0n) is 16.9. The summed E-state index contributed by atoms with van der Waals surface area (Å²) in [4.78, 5) is 44.2. The van der Waals surface area contributed by atoms with Gasteiger partial charge in [0.15, 0.2) is 0 Å². The maximum atomic E-state index is 12.3. The highest BCUT2D eigenvalue weighted by Crippen LogP contribution is 2.31. The van der Waals surface area contributed by atoms with E-state index < -0.39 is 11.0 Å². The fourth-order valence-corrected chi connectivity index (χ4v) is 3.42. The number of nitrogens with zero attached hydrogens (tertiary/aromatic N) is 3. The second-order valence-corrected chi connectivity index (χ2v) is 8.57. The van der Waals surface area contributed by atoms with Crippen molar-refractivity contribution in [3.63, 3.8) is 0 Å². The molecule has 1 unspecified atom stereocenters. The Labute approximate surface area is 165 Å². The first kappa shape index (κ1) is 20.1. The molecule has 3 amide bonds. The van der Waals surface area contributed by atoms with Crippen molar-refractivity contribution in [2.45, 2.75) is 51.6 Å². The lowest BCUT2D eigenvalue weighted by Crippen LogP contribution is -2.50. The van der Waals surface area contributed by atoms with E-state index in [0.29, 0.717) is 44.7 Å². The van der Waals surface area contributed by atoms with Crippen molar-refractivity contribution in [3.05, 3.63) is 24.0 Å². The Balaban J connectivity index is 1.62. The molecule has 0 aromatic carbocycles. The van der Waals surface area contributed by atoms with E-state index in [1.807, 2.05) is 39.8 Å². The maximum Gasteiger partial charge on any atom is 0.410 e. The number of amides is 3. The highest BCUT2D eigenvalue weighted by Gasteiger charge is 2.41. The summed E-state index contributed by atoms with van der Waals surface area (Å²) in [5.74, 6) is -0.531. The van der Waals surface area contributed by atoms with Gasteiger partial charge < -0.3 is 14.5 Å². The molecule has 0 radical (unpaired) electrons. The van der Waals surface area contributed by atoms with Crippen LogP contribution < -0.4 is 10.2 Å². The van der Waals surface area contributed by atoms with Crippen molar-refractivity contribution < 1.29 is 19.1 Å². The van der Waals surface area contributed by atoms with Gasteiger partial charge in [-0.25, -0.2) is 4.79 Å². The first-order chi connectivity index (χ1) is 13.1. The standard InChI is InChI=1S/C20H28N4O4/c1-19(2,3)28-18(27)24-11-9-23(10-12-24)14-5-6-15(21-13-14)20(4)8-7-16(25)22-17(20)26/h5-6,13H,7-12H2,1-4H3,(H,22,25,26). The van der Waals surface area contributed by atoms with E-state index in [9.17, 15) is 14.4 Å². The van der Waals surface area contributed by atoms with Gasteiger partial charge in [-0.1, -0.05) is 0 Å². The Morgan fingerprint density at radius 1 is 1.18 bits per heavy atom. The van der Waals surface area contributed by atoms with Crippen molar-refractivity contribution >= 4 is 23.6 Å². The second-order valence-electron chi connectivity index (χ2n) is 8.57. The van der Waals surface area contributed by atoms with Crippen molar-refractivity contribution in [1.82, 2.24) is 15.2 Å². The number of carbonyl (C=O) groups is 3. The van der Waals surface area contributed by atoms with Gasteiger partial charge >= 0.3 is 6.09 Å². The molecule has 3 rings (SSSR count). The van der Waals surface area contributed by atoms with Crippen molar-refractivity contribution in [3.8, 4) is 0 Å². The van der Waals surface area contributed by atoms with Gasteiger partial charge in [0.1, 0.15) is 5.60 Å². The summed E-state index contributed by atoms with van der Waals surface area (Å²) in [7, 11) is 0. The van der Waals surface area contributed by atoms with Crippen LogP contribution in [0.2, 0.25) is 0 Å². The van der Waals surface area contributed by atoms with Gasteiger partial charge in [-0.05, 0) is 46.2 Å². The fraction of sp³-hybridized carbons (Fsp3) is 0.600. The van der Waals surface area contributed by atoms with Crippen molar-refractivity contribution in [2.75, 3.05) is 31.1 Å². The Morgan fingerprint density at radius 2 is 1.86 bits per heavy atom. The lowest BCUT2D eigenvalue weighted by molar-refractivity contribution is -0.137. The predicted molar refractivity (Wildman–Crippen MR) is 104 cm³/mol. The Kier molecular flexibility index (Phi) is 5.32. The predicted octanol–water partition coefficient (Wildman–Crippen LogP) is 1.83. The third kappa shape index (κ3) is 4.26. The van der Waals surface area contributed by atoms with Gasteiger partial charge in [-0.2, -0.15) is 0 Å². The van der Waals surface area contributed by atoms with Crippen LogP contribution in [0.4, 0.5) is 10.5 Å². The molecule has 8 nitrogen and oxygen atoms in total. The second kappa shape index (κ2) is 7.41. The first-order valence-corrected chi connectivity index (χ1v) is 9.62. The minimum atomic E-state index is -0.790. The van der Waals surface area contributed by atoms with Crippen LogP contribution in [0.15, 0.2) is 18.3 Å². The summed E-state index contributed by atoms with van der Waals surface area (Å²) in [5.41, 5.74) is 0.319. The SMILES string of the molecule is CC(C)(C)OC(=O)N1CCN(c2ccc(C3(C)CCC(=O)NC3=O)nc2)CC1. The van der Waals surface area contributed by atoms with Gasteiger partial charge in [-0.15, -0.1) is 0 Å². The number of anilines is 1. The molecule has 152 valence electrons. The van der Waals surface area contributed by atoms with E-state index in [1.54, 1.807) is 11.1 Å². The zero-order chi connectivity index (χ0) is 20.5. The van der Waals surface area contributed by atoms with Gasteiger partial charge in [0.05, 0.1) is 23.0 Å². The van der Waals surface area contributed by atoms with Gasteiger partial charge in [0.2, 0.25) is 11.8 Å². The smallest absolute Gasteiger partial charge is 0.410 e. The molecule has 1 atom stereocenters. The third-order valence-electron chi connectivity index (χ3n) is 5.22. The van der Waals surface area contributed by atoms with E-state index in [-0.39, 0.29) is 17.9 Å². The van der Waals surface area contributed by atoms with E-state index >= 15 is 0 Å². The Morgan fingerprint density at radius 3 is 2.39 bits per heavy atom. The van der Waals surface area contributed by atoms with Crippen LogP contribution in [-0.4, -0.2) is 59.6 Å². The van der Waals surface area contributed by atoms with Crippen LogP contribution in [0.3, 0.4) is 0 Å². The first-order valence-electron chi connectivity index (χ1n) is 9.62. The highest BCUT2D eigenvalue weighted by atomic mass is 16.6. The third-order valence-corrected chi connectivity index (χ3v) is 5.22. The number of rotatable bonds is 2. The molecule has 0 spiro atoms. The Bertz CT molecular complexity index is 763. The number of aromatic nitrogens is 1. The summed E-state index contributed by atoms with van der Waals surface area (Å²) >= 11 is 0. The van der Waals surface area contributed by atoms with E-state index in [1.165, 1.54) is 0 Å². The molecular formula is C20H28N4O4. The molecule has 0 saturated carbocycles. The van der Waals surface area contributed by atoms with E-state index in [0.717, 1.165) is 5.69 Å². The van der Waals surface area contributed by atoms with E-state index in [2.05, 4.69) is 15.2 Å². The lowest BCUT2D eigenvalue weighted by Gasteiger charge is -2.37. The molecule has 2 fully saturated rings. The molecule has 2 saturated heterocycles. The van der Waals surface area contributed by atoms with Crippen LogP contribution >= 0.6 is 0 Å². The number of hydrogen-bond donors (Lipinski definition) is 1. The maximum absolute atomic E-state index is 12.3. The Hall–Kier alpha value is -2.64. The van der Waals surface area contributed by atoms with Crippen LogP contribution in [0.1, 0.15) is 46.2 Å². The number of piperazine rings is 1. The zero-order valence-corrected chi connectivity index (χ0v) is 16.9. The molecule has 8 heteroatoms. The van der Waals surface area contributed by atoms with Crippen molar-refractivity contribution in [1.29, 1.82) is 0 Å². The van der Waals surface area contributed by atoms with Crippen LogP contribution in [-0.2, 0) is 19.7 Å². The van der Waals surface area contributed by atoms with Gasteiger partial charge in [-0.3, -0.25) is 19.9 Å². The van der Waals surface area contributed by atoms with Gasteiger partial charge in [0, 0.05) is 32.6 Å².